The van der Waals surface area contributed by atoms with Crippen molar-refractivity contribution in [1.82, 2.24) is 9.80 Å². The zero-order valence-electron chi connectivity index (χ0n) is 12.4. The topological polar surface area (TPSA) is 32.5 Å². The van der Waals surface area contributed by atoms with E-state index >= 15 is 0 Å². The van der Waals surface area contributed by atoms with Crippen LogP contribution < -0.4 is 5.73 Å². The van der Waals surface area contributed by atoms with E-state index in [-0.39, 0.29) is 0 Å². The van der Waals surface area contributed by atoms with Gasteiger partial charge in [0.05, 0.1) is 0 Å². The number of hydrogen-bond acceptors (Lipinski definition) is 3. The van der Waals surface area contributed by atoms with Crippen LogP contribution >= 0.6 is 0 Å². The van der Waals surface area contributed by atoms with Gasteiger partial charge in [-0.2, -0.15) is 0 Å². The van der Waals surface area contributed by atoms with Crippen LogP contribution in [0, 0.1) is 5.41 Å². The summed E-state index contributed by atoms with van der Waals surface area (Å²) in [4.78, 5) is 5.10. The molecule has 102 valence electrons. The SMILES string of the molecule is CCC1CN(C(CN)CC(C)(C)C)CCN1C. The second-order valence-corrected chi connectivity index (χ2v) is 6.69. The van der Waals surface area contributed by atoms with Crippen molar-refractivity contribution in [2.45, 2.75) is 52.6 Å². The molecule has 1 rings (SSSR count). The molecule has 1 heterocycles. The summed E-state index contributed by atoms with van der Waals surface area (Å²) in [7, 11) is 2.24. The quantitative estimate of drug-likeness (QED) is 0.814. The number of rotatable bonds is 4. The van der Waals surface area contributed by atoms with Crippen molar-refractivity contribution in [1.29, 1.82) is 0 Å². The highest BCUT2D eigenvalue weighted by molar-refractivity contribution is 4.86. The zero-order valence-corrected chi connectivity index (χ0v) is 12.4. The van der Waals surface area contributed by atoms with E-state index in [0.29, 0.717) is 17.5 Å². The van der Waals surface area contributed by atoms with Crippen molar-refractivity contribution in [3.8, 4) is 0 Å². The Kier molecular flexibility index (Phi) is 5.42. The van der Waals surface area contributed by atoms with Crippen LogP contribution in [0.2, 0.25) is 0 Å². The Morgan fingerprint density at radius 1 is 1.29 bits per heavy atom. The molecule has 0 aromatic heterocycles. The van der Waals surface area contributed by atoms with Gasteiger partial charge >= 0.3 is 0 Å². The van der Waals surface area contributed by atoms with Crippen LogP contribution in [-0.4, -0.2) is 55.1 Å². The monoisotopic (exact) mass is 241 g/mol. The van der Waals surface area contributed by atoms with E-state index in [1.807, 2.05) is 0 Å². The molecular weight excluding hydrogens is 210 g/mol. The Hall–Kier alpha value is -0.120. The van der Waals surface area contributed by atoms with Gasteiger partial charge in [-0.05, 0) is 25.3 Å². The Bertz CT molecular complexity index is 222. The van der Waals surface area contributed by atoms with Gasteiger partial charge in [0.1, 0.15) is 0 Å². The normalized spacial score (nSPS) is 26.1. The van der Waals surface area contributed by atoms with Crippen molar-refractivity contribution in [3.63, 3.8) is 0 Å². The molecule has 1 aliphatic heterocycles. The average Bonchev–Trinajstić information content (AvgIpc) is 2.25. The molecule has 1 saturated heterocycles. The van der Waals surface area contributed by atoms with E-state index in [9.17, 15) is 0 Å². The fraction of sp³-hybridized carbons (Fsp3) is 1.00. The second-order valence-electron chi connectivity index (χ2n) is 6.69. The number of nitrogens with zero attached hydrogens (tertiary/aromatic N) is 2. The van der Waals surface area contributed by atoms with Crippen molar-refractivity contribution < 1.29 is 0 Å². The summed E-state index contributed by atoms with van der Waals surface area (Å²) < 4.78 is 0. The van der Waals surface area contributed by atoms with Crippen molar-refractivity contribution in [2.75, 3.05) is 33.2 Å². The average molecular weight is 241 g/mol. The summed E-state index contributed by atoms with van der Waals surface area (Å²) in [6, 6.07) is 1.26. The van der Waals surface area contributed by atoms with Gasteiger partial charge in [0.2, 0.25) is 0 Å². The number of hydrogen-bond donors (Lipinski definition) is 1. The van der Waals surface area contributed by atoms with E-state index < -0.39 is 0 Å². The molecule has 0 spiro atoms. The summed E-state index contributed by atoms with van der Waals surface area (Å²) in [5.74, 6) is 0. The lowest BCUT2D eigenvalue weighted by atomic mass is 9.87. The van der Waals surface area contributed by atoms with Crippen molar-refractivity contribution in [3.05, 3.63) is 0 Å². The van der Waals surface area contributed by atoms with Crippen LogP contribution in [0.1, 0.15) is 40.5 Å². The molecule has 0 bridgehead atoms. The Balaban J connectivity index is 2.58. The highest BCUT2D eigenvalue weighted by Crippen LogP contribution is 2.24. The van der Waals surface area contributed by atoms with Crippen LogP contribution in [0.3, 0.4) is 0 Å². The van der Waals surface area contributed by atoms with Crippen LogP contribution in [0.25, 0.3) is 0 Å². The Labute approximate surface area is 107 Å². The first-order valence-electron chi connectivity index (χ1n) is 7.01. The Morgan fingerprint density at radius 2 is 1.94 bits per heavy atom. The Morgan fingerprint density at radius 3 is 2.41 bits per heavy atom. The molecule has 0 amide bonds. The maximum Gasteiger partial charge on any atom is 0.0224 e. The minimum Gasteiger partial charge on any atom is -0.329 e. The van der Waals surface area contributed by atoms with Crippen LogP contribution in [0.4, 0.5) is 0 Å². The summed E-state index contributed by atoms with van der Waals surface area (Å²) in [6.45, 7) is 13.5. The van der Waals surface area contributed by atoms with Crippen molar-refractivity contribution in [2.24, 2.45) is 11.1 Å². The van der Waals surface area contributed by atoms with Gasteiger partial charge in [-0.3, -0.25) is 4.90 Å². The van der Waals surface area contributed by atoms with E-state index in [1.54, 1.807) is 0 Å². The summed E-state index contributed by atoms with van der Waals surface area (Å²) >= 11 is 0. The van der Waals surface area contributed by atoms with Gasteiger partial charge in [0.25, 0.3) is 0 Å². The molecule has 2 unspecified atom stereocenters. The third-order valence-corrected chi connectivity index (χ3v) is 3.92. The molecule has 0 aromatic rings. The van der Waals surface area contributed by atoms with Crippen LogP contribution in [0.5, 0.6) is 0 Å². The molecular formula is C14H31N3. The predicted octanol–water partition coefficient (Wildman–Crippen LogP) is 1.78. The zero-order chi connectivity index (χ0) is 13.1. The molecule has 17 heavy (non-hydrogen) atoms. The van der Waals surface area contributed by atoms with Gasteiger partial charge in [0, 0.05) is 38.3 Å². The summed E-state index contributed by atoms with van der Waals surface area (Å²) in [5, 5.41) is 0. The molecule has 1 aliphatic rings. The molecule has 0 saturated carbocycles. The lowest BCUT2D eigenvalue weighted by molar-refractivity contribution is 0.0507. The van der Waals surface area contributed by atoms with Crippen LogP contribution in [0.15, 0.2) is 0 Å². The highest BCUT2D eigenvalue weighted by Gasteiger charge is 2.29. The fourth-order valence-electron chi connectivity index (χ4n) is 2.81. The maximum absolute atomic E-state index is 5.98. The van der Waals surface area contributed by atoms with Gasteiger partial charge in [0.15, 0.2) is 0 Å². The first-order chi connectivity index (χ1) is 7.87. The summed E-state index contributed by atoms with van der Waals surface area (Å²) in [6.07, 6.45) is 2.43. The van der Waals surface area contributed by atoms with Crippen LogP contribution in [-0.2, 0) is 0 Å². The number of piperazine rings is 1. The van der Waals surface area contributed by atoms with E-state index in [1.165, 1.54) is 32.5 Å². The smallest absolute Gasteiger partial charge is 0.0224 e. The minimum absolute atomic E-state index is 0.370. The molecule has 0 radical (unpaired) electrons. The number of likely N-dealkylation sites (N-methyl/N-ethyl adjacent to an activating group) is 1. The van der Waals surface area contributed by atoms with Crippen molar-refractivity contribution >= 4 is 0 Å². The van der Waals surface area contributed by atoms with E-state index in [4.69, 9.17) is 5.73 Å². The molecule has 2 atom stereocenters. The van der Waals surface area contributed by atoms with Gasteiger partial charge in [-0.25, -0.2) is 0 Å². The summed E-state index contributed by atoms with van der Waals surface area (Å²) in [5.41, 5.74) is 6.35. The van der Waals surface area contributed by atoms with Gasteiger partial charge in [-0.15, -0.1) is 0 Å². The van der Waals surface area contributed by atoms with Gasteiger partial charge < -0.3 is 10.6 Å². The van der Waals surface area contributed by atoms with Gasteiger partial charge in [-0.1, -0.05) is 27.7 Å². The maximum atomic E-state index is 5.98. The van der Waals surface area contributed by atoms with E-state index in [0.717, 1.165) is 6.54 Å². The first kappa shape index (κ1) is 14.9. The number of nitrogens with two attached hydrogens (primary N) is 1. The predicted molar refractivity (Wildman–Crippen MR) is 75.2 cm³/mol. The molecule has 3 nitrogen and oxygen atoms in total. The standard InChI is InChI=1S/C14H31N3/c1-6-12-11-17(8-7-16(12)5)13(10-15)9-14(2,3)4/h12-13H,6-11,15H2,1-5H3. The lowest BCUT2D eigenvalue weighted by Crippen LogP contribution is -2.56. The highest BCUT2D eigenvalue weighted by atomic mass is 15.3. The third kappa shape index (κ3) is 4.57. The molecule has 1 fully saturated rings. The lowest BCUT2D eigenvalue weighted by Gasteiger charge is -2.44. The first-order valence-corrected chi connectivity index (χ1v) is 7.01. The molecule has 3 heteroatoms. The minimum atomic E-state index is 0.370. The fourth-order valence-corrected chi connectivity index (χ4v) is 2.81. The molecule has 0 aliphatic carbocycles. The second kappa shape index (κ2) is 6.17. The molecule has 0 aromatic carbocycles. The largest absolute Gasteiger partial charge is 0.329 e. The third-order valence-electron chi connectivity index (χ3n) is 3.92. The molecule has 2 N–H and O–H groups in total. The van der Waals surface area contributed by atoms with E-state index in [2.05, 4.69) is 44.5 Å².